The van der Waals surface area contributed by atoms with Crippen LogP contribution in [0.15, 0.2) is 58.7 Å². The summed E-state index contributed by atoms with van der Waals surface area (Å²) in [5.41, 5.74) is 17.6. The molecule has 4 amide bonds. The van der Waals surface area contributed by atoms with Gasteiger partial charge in [0.15, 0.2) is 0 Å². The SMILES string of the molecule is NC(=O)NN=C(CCCC(=NNC(N)=O)c1ccc(Cl)cc1)c1ccc(Cl)cc1. The largest absolute Gasteiger partial charge is 0.350 e. The highest BCUT2D eigenvalue weighted by Gasteiger charge is 2.09. The highest BCUT2D eigenvalue weighted by atomic mass is 35.5. The Labute approximate surface area is 177 Å². The first-order valence-corrected chi connectivity index (χ1v) is 9.36. The number of carbonyl (C=O) groups excluding carboxylic acids is 2. The van der Waals surface area contributed by atoms with Gasteiger partial charge in [0.25, 0.3) is 0 Å². The van der Waals surface area contributed by atoms with Crippen molar-refractivity contribution in [1.82, 2.24) is 10.9 Å². The average Bonchev–Trinajstić information content (AvgIpc) is 2.68. The second-order valence-corrected chi connectivity index (χ2v) is 6.81. The number of primary amides is 2. The minimum atomic E-state index is -0.759. The van der Waals surface area contributed by atoms with E-state index in [9.17, 15) is 9.59 Å². The predicted octanol–water partition coefficient (Wildman–Crippen LogP) is 3.61. The molecule has 0 saturated carbocycles. The van der Waals surface area contributed by atoms with E-state index < -0.39 is 12.1 Å². The minimum Gasteiger partial charge on any atom is -0.350 e. The molecule has 0 heterocycles. The highest BCUT2D eigenvalue weighted by Crippen LogP contribution is 2.16. The van der Waals surface area contributed by atoms with Gasteiger partial charge >= 0.3 is 12.1 Å². The maximum atomic E-state index is 11.0. The number of carbonyl (C=O) groups is 2. The maximum absolute atomic E-state index is 11.0. The van der Waals surface area contributed by atoms with E-state index in [1.54, 1.807) is 48.5 Å². The molecular weight excluding hydrogens is 415 g/mol. The summed E-state index contributed by atoms with van der Waals surface area (Å²) in [6, 6.07) is 12.6. The van der Waals surface area contributed by atoms with E-state index in [0.717, 1.165) is 11.1 Å². The fourth-order valence-corrected chi connectivity index (χ4v) is 2.73. The molecule has 2 aromatic carbocycles. The van der Waals surface area contributed by atoms with E-state index in [2.05, 4.69) is 21.1 Å². The molecule has 0 aromatic heterocycles. The summed E-state index contributed by atoms with van der Waals surface area (Å²) >= 11 is 11.9. The standard InChI is InChI=1S/C19H20Cl2N6O2/c20-14-8-4-12(5-9-14)16(24-26-18(22)28)2-1-3-17(25-27-19(23)29)13-6-10-15(21)11-7-13/h4-11H,1-3H2,(H3,22,26,28)(H3,23,27,29). The van der Waals surface area contributed by atoms with Crippen molar-refractivity contribution in [2.75, 3.05) is 0 Å². The van der Waals surface area contributed by atoms with Crippen LogP contribution in [0, 0.1) is 0 Å². The van der Waals surface area contributed by atoms with Crippen molar-refractivity contribution in [3.8, 4) is 0 Å². The Morgan fingerprint density at radius 3 is 1.38 bits per heavy atom. The van der Waals surface area contributed by atoms with Crippen LogP contribution in [0.2, 0.25) is 10.0 Å². The number of hydrogen-bond acceptors (Lipinski definition) is 4. The van der Waals surface area contributed by atoms with Crippen molar-refractivity contribution in [3.05, 3.63) is 69.7 Å². The monoisotopic (exact) mass is 434 g/mol. The second kappa shape index (κ2) is 11.0. The van der Waals surface area contributed by atoms with E-state index in [1.807, 2.05) is 0 Å². The Bertz CT molecular complexity index is 836. The number of urea groups is 2. The summed E-state index contributed by atoms with van der Waals surface area (Å²) in [4.78, 5) is 22.1. The molecular formula is C19H20Cl2N6O2. The van der Waals surface area contributed by atoms with Crippen molar-refractivity contribution < 1.29 is 9.59 Å². The van der Waals surface area contributed by atoms with Crippen LogP contribution in [0.1, 0.15) is 30.4 Å². The molecule has 0 spiro atoms. The summed E-state index contributed by atoms with van der Waals surface area (Å²) in [7, 11) is 0. The van der Waals surface area contributed by atoms with Gasteiger partial charge in [0.2, 0.25) is 0 Å². The molecule has 0 aliphatic rings. The molecule has 0 saturated heterocycles. The zero-order valence-corrected chi connectivity index (χ0v) is 16.9. The summed E-state index contributed by atoms with van der Waals surface area (Å²) in [6.07, 6.45) is 1.62. The molecule has 0 bridgehead atoms. The Morgan fingerprint density at radius 2 is 1.07 bits per heavy atom. The fraction of sp³-hybridized carbons (Fsp3) is 0.158. The molecule has 152 valence electrons. The molecule has 0 aliphatic heterocycles. The molecule has 0 fully saturated rings. The van der Waals surface area contributed by atoms with Crippen LogP contribution in [0.3, 0.4) is 0 Å². The van der Waals surface area contributed by atoms with E-state index in [0.29, 0.717) is 40.7 Å². The summed E-state index contributed by atoms with van der Waals surface area (Å²) < 4.78 is 0. The lowest BCUT2D eigenvalue weighted by atomic mass is 10.0. The van der Waals surface area contributed by atoms with Gasteiger partial charge in [-0.15, -0.1) is 0 Å². The minimum absolute atomic E-state index is 0.505. The van der Waals surface area contributed by atoms with Gasteiger partial charge in [-0.05, 0) is 54.7 Å². The van der Waals surface area contributed by atoms with Crippen LogP contribution >= 0.6 is 23.2 Å². The van der Waals surface area contributed by atoms with Crippen LogP contribution < -0.4 is 22.3 Å². The zero-order chi connectivity index (χ0) is 21.2. The first-order chi connectivity index (χ1) is 13.8. The van der Waals surface area contributed by atoms with Crippen LogP contribution in [0.5, 0.6) is 0 Å². The number of nitrogens with one attached hydrogen (secondary N) is 2. The van der Waals surface area contributed by atoms with Gasteiger partial charge in [-0.2, -0.15) is 10.2 Å². The third kappa shape index (κ3) is 7.81. The third-order valence-electron chi connectivity index (χ3n) is 3.78. The van der Waals surface area contributed by atoms with E-state index in [-0.39, 0.29) is 0 Å². The number of hydrazone groups is 2. The van der Waals surface area contributed by atoms with E-state index in [1.165, 1.54) is 0 Å². The number of rotatable bonds is 8. The van der Waals surface area contributed by atoms with Crippen molar-refractivity contribution in [2.24, 2.45) is 21.7 Å². The van der Waals surface area contributed by atoms with Crippen molar-refractivity contribution in [1.29, 1.82) is 0 Å². The number of benzene rings is 2. The molecule has 0 unspecified atom stereocenters. The third-order valence-corrected chi connectivity index (χ3v) is 4.29. The number of nitrogens with zero attached hydrogens (tertiary/aromatic N) is 2. The summed E-state index contributed by atoms with van der Waals surface area (Å²) in [5.74, 6) is 0. The summed E-state index contributed by atoms with van der Waals surface area (Å²) in [5, 5.41) is 9.34. The second-order valence-electron chi connectivity index (χ2n) is 5.94. The van der Waals surface area contributed by atoms with Crippen LogP contribution in [-0.2, 0) is 0 Å². The lowest BCUT2D eigenvalue weighted by Gasteiger charge is -2.10. The first kappa shape index (κ1) is 22.2. The Kier molecular flexibility index (Phi) is 8.45. The molecule has 2 rings (SSSR count). The first-order valence-electron chi connectivity index (χ1n) is 8.61. The van der Waals surface area contributed by atoms with Crippen LogP contribution in [0.25, 0.3) is 0 Å². The molecule has 0 radical (unpaired) electrons. The van der Waals surface area contributed by atoms with Gasteiger partial charge in [0, 0.05) is 10.0 Å². The maximum Gasteiger partial charge on any atom is 0.332 e. The quantitative estimate of drug-likeness (QED) is 0.372. The van der Waals surface area contributed by atoms with Crippen LogP contribution in [0.4, 0.5) is 9.59 Å². The Balaban J connectivity index is 2.14. The topological polar surface area (TPSA) is 135 Å². The lowest BCUT2D eigenvalue weighted by molar-refractivity contribution is 0.248. The van der Waals surface area contributed by atoms with Gasteiger partial charge in [0.05, 0.1) is 11.4 Å². The molecule has 0 aliphatic carbocycles. The number of halogens is 2. The van der Waals surface area contributed by atoms with Crippen molar-refractivity contribution >= 4 is 46.7 Å². The molecule has 29 heavy (non-hydrogen) atoms. The van der Waals surface area contributed by atoms with E-state index in [4.69, 9.17) is 34.7 Å². The smallest absolute Gasteiger partial charge is 0.332 e. The fourth-order valence-electron chi connectivity index (χ4n) is 2.48. The molecule has 10 heteroatoms. The van der Waals surface area contributed by atoms with Crippen LogP contribution in [-0.4, -0.2) is 23.5 Å². The van der Waals surface area contributed by atoms with Gasteiger partial charge in [-0.25, -0.2) is 20.4 Å². The lowest BCUT2D eigenvalue weighted by Crippen LogP contribution is -2.26. The molecule has 0 atom stereocenters. The Morgan fingerprint density at radius 1 is 0.724 bits per heavy atom. The molecule has 2 aromatic rings. The normalized spacial score (nSPS) is 11.8. The van der Waals surface area contributed by atoms with Gasteiger partial charge < -0.3 is 11.5 Å². The van der Waals surface area contributed by atoms with Gasteiger partial charge in [-0.3, -0.25) is 0 Å². The number of nitrogens with two attached hydrogens (primary N) is 2. The zero-order valence-electron chi connectivity index (χ0n) is 15.4. The van der Waals surface area contributed by atoms with Crippen molar-refractivity contribution in [3.63, 3.8) is 0 Å². The average molecular weight is 435 g/mol. The molecule has 8 nitrogen and oxygen atoms in total. The van der Waals surface area contributed by atoms with Gasteiger partial charge in [0.1, 0.15) is 0 Å². The molecule has 6 N–H and O–H groups in total. The Hall–Kier alpha value is -3.10. The number of hydrogen-bond donors (Lipinski definition) is 4. The van der Waals surface area contributed by atoms with Crippen molar-refractivity contribution in [2.45, 2.75) is 19.3 Å². The van der Waals surface area contributed by atoms with Gasteiger partial charge in [-0.1, -0.05) is 47.5 Å². The summed E-state index contributed by atoms with van der Waals surface area (Å²) in [6.45, 7) is 0. The predicted molar refractivity (Wildman–Crippen MR) is 115 cm³/mol. The number of amides is 4. The van der Waals surface area contributed by atoms with E-state index >= 15 is 0 Å². The highest BCUT2D eigenvalue weighted by molar-refractivity contribution is 6.31.